The van der Waals surface area contributed by atoms with Crippen LogP contribution in [-0.4, -0.2) is 50.6 Å². The largest absolute Gasteiger partial charge is 0.506 e. The number of phenolic OH excluding ortho intramolecular Hbond substituents is 2. The third-order valence-electron chi connectivity index (χ3n) is 6.51. The van der Waals surface area contributed by atoms with Crippen LogP contribution in [0.15, 0.2) is 36.4 Å². The van der Waals surface area contributed by atoms with Gasteiger partial charge >= 0.3 is 11.9 Å². The highest BCUT2D eigenvalue weighted by Crippen LogP contribution is 2.50. The van der Waals surface area contributed by atoms with Crippen molar-refractivity contribution in [2.24, 2.45) is 0 Å². The Balaban J connectivity index is 2.37. The minimum Gasteiger partial charge on any atom is -0.506 e. The lowest BCUT2D eigenvalue weighted by atomic mass is 9.83. The maximum atomic E-state index is 12.8. The highest BCUT2D eigenvalue weighted by molar-refractivity contribution is 6.18. The molecule has 0 spiro atoms. The van der Waals surface area contributed by atoms with Crippen LogP contribution in [0.3, 0.4) is 0 Å². The van der Waals surface area contributed by atoms with E-state index in [2.05, 4.69) is 0 Å². The molecule has 4 aromatic carbocycles. The van der Waals surface area contributed by atoms with E-state index in [1.165, 1.54) is 28.4 Å². The van der Waals surface area contributed by atoms with Gasteiger partial charge in [-0.2, -0.15) is 0 Å². The maximum absolute atomic E-state index is 12.8. The predicted octanol–water partition coefficient (Wildman–Crippen LogP) is 5.28. The summed E-state index contributed by atoms with van der Waals surface area (Å²) in [6, 6.07) is 10.5. The van der Waals surface area contributed by atoms with E-state index in [1.54, 1.807) is 50.2 Å². The van der Waals surface area contributed by atoms with E-state index in [0.717, 1.165) is 0 Å². The highest BCUT2D eigenvalue weighted by Gasteiger charge is 2.30. The van der Waals surface area contributed by atoms with Crippen molar-refractivity contribution in [3.63, 3.8) is 0 Å². The van der Waals surface area contributed by atoms with Crippen molar-refractivity contribution in [1.82, 2.24) is 0 Å². The molecule has 36 heavy (non-hydrogen) atoms. The van der Waals surface area contributed by atoms with Crippen molar-refractivity contribution >= 4 is 33.5 Å². The van der Waals surface area contributed by atoms with Crippen molar-refractivity contribution in [3.05, 3.63) is 58.7 Å². The maximum Gasteiger partial charge on any atom is 0.341 e. The van der Waals surface area contributed by atoms with E-state index in [0.29, 0.717) is 55.3 Å². The van der Waals surface area contributed by atoms with Crippen molar-refractivity contribution in [2.75, 3.05) is 28.4 Å². The van der Waals surface area contributed by atoms with Crippen LogP contribution in [-0.2, 0) is 9.47 Å². The molecule has 0 aliphatic heterocycles. The zero-order valence-corrected chi connectivity index (χ0v) is 20.8. The van der Waals surface area contributed by atoms with Crippen LogP contribution in [0, 0.1) is 13.8 Å². The summed E-state index contributed by atoms with van der Waals surface area (Å²) >= 11 is 0. The standard InChI is InChI=1S/C28H26O8/c1-13-19(15-9-7-11-17(33-3)23(15)25(29)21(13)27(31)35-5)20-14(2)22(28(32)36-6)26(30)24-16(20)10-8-12-18(24)34-4/h7-12,29-30H,1-6H3. The van der Waals surface area contributed by atoms with E-state index in [-0.39, 0.29) is 22.6 Å². The quantitative estimate of drug-likeness (QED) is 0.364. The average molecular weight is 491 g/mol. The molecular formula is C28H26O8. The van der Waals surface area contributed by atoms with Crippen LogP contribution in [0.4, 0.5) is 0 Å². The average Bonchev–Trinajstić information content (AvgIpc) is 2.89. The summed E-state index contributed by atoms with van der Waals surface area (Å²) in [5.74, 6) is -1.31. The number of esters is 2. The number of aromatic hydroxyl groups is 2. The Bertz CT molecular complexity index is 1430. The zero-order chi connectivity index (χ0) is 26.3. The monoisotopic (exact) mass is 490 g/mol. The van der Waals surface area contributed by atoms with Gasteiger partial charge in [-0.15, -0.1) is 0 Å². The van der Waals surface area contributed by atoms with Crippen molar-refractivity contribution < 1.29 is 38.7 Å². The number of carbonyl (C=O) groups excluding carboxylic acids is 2. The fraction of sp³-hybridized carbons (Fsp3) is 0.214. The fourth-order valence-electron chi connectivity index (χ4n) is 4.91. The highest BCUT2D eigenvalue weighted by atomic mass is 16.5. The lowest BCUT2D eigenvalue weighted by molar-refractivity contribution is 0.0587. The number of methoxy groups -OCH3 is 4. The number of benzene rings is 4. The Morgan fingerprint density at radius 1 is 0.639 bits per heavy atom. The molecule has 0 heterocycles. The molecule has 186 valence electrons. The van der Waals surface area contributed by atoms with Crippen LogP contribution in [0.5, 0.6) is 23.0 Å². The molecule has 0 aliphatic carbocycles. The summed E-state index contributed by atoms with van der Waals surface area (Å²) in [5.41, 5.74) is 1.90. The number of carbonyl (C=O) groups is 2. The van der Waals surface area contributed by atoms with Gasteiger partial charge in [0, 0.05) is 0 Å². The predicted molar refractivity (Wildman–Crippen MR) is 135 cm³/mol. The molecule has 0 aliphatic rings. The van der Waals surface area contributed by atoms with E-state index >= 15 is 0 Å². The lowest BCUT2D eigenvalue weighted by Gasteiger charge is -2.23. The Morgan fingerprint density at radius 3 is 1.31 bits per heavy atom. The molecule has 2 N–H and O–H groups in total. The number of phenols is 2. The Kier molecular flexibility index (Phi) is 6.37. The van der Waals surface area contributed by atoms with Gasteiger partial charge in [0.25, 0.3) is 0 Å². The van der Waals surface area contributed by atoms with Crippen molar-refractivity contribution in [3.8, 4) is 34.1 Å². The summed E-state index contributed by atoms with van der Waals surface area (Å²) in [6.45, 7) is 3.38. The molecule has 4 aromatic rings. The molecule has 8 heteroatoms. The Hall–Kier alpha value is -4.46. The molecule has 0 unspecified atom stereocenters. The number of hydrogen-bond donors (Lipinski definition) is 2. The van der Waals surface area contributed by atoms with E-state index in [9.17, 15) is 19.8 Å². The third-order valence-corrected chi connectivity index (χ3v) is 6.51. The third kappa shape index (κ3) is 3.45. The molecule has 0 atom stereocenters. The second kappa shape index (κ2) is 9.30. The summed E-state index contributed by atoms with van der Waals surface area (Å²) in [5, 5.41) is 24.1. The number of ether oxygens (including phenoxy) is 4. The van der Waals surface area contributed by atoms with Crippen LogP contribution in [0.1, 0.15) is 31.8 Å². The summed E-state index contributed by atoms with van der Waals surface area (Å²) in [7, 11) is 5.39. The van der Waals surface area contributed by atoms with Crippen molar-refractivity contribution in [1.29, 1.82) is 0 Å². The molecule has 4 rings (SSSR count). The first-order valence-electron chi connectivity index (χ1n) is 11.0. The molecular weight excluding hydrogens is 464 g/mol. The first-order valence-corrected chi connectivity index (χ1v) is 11.0. The number of hydrogen-bond acceptors (Lipinski definition) is 8. The SMILES string of the molecule is COC(=O)c1c(C)c(-c2c(C)c(C(=O)OC)c(O)c3c(OC)cccc23)c2cccc(OC)c2c1O. The Labute approximate surface area is 207 Å². The summed E-state index contributed by atoms with van der Waals surface area (Å²) in [6.07, 6.45) is 0. The molecule has 0 amide bonds. The molecule has 0 saturated heterocycles. The second-order valence-corrected chi connectivity index (χ2v) is 8.20. The number of rotatable bonds is 5. The van der Waals surface area contributed by atoms with Gasteiger partial charge in [0.1, 0.15) is 34.1 Å². The van der Waals surface area contributed by atoms with Crippen LogP contribution >= 0.6 is 0 Å². The van der Waals surface area contributed by atoms with Crippen LogP contribution in [0.2, 0.25) is 0 Å². The van der Waals surface area contributed by atoms with Gasteiger partial charge < -0.3 is 29.2 Å². The minimum absolute atomic E-state index is 0.0346. The first kappa shape index (κ1) is 24.7. The van der Waals surface area contributed by atoms with E-state index in [4.69, 9.17) is 18.9 Å². The topological polar surface area (TPSA) is 112 Å². The van der Waals surface area contributed by atoms with Gasteiger partial charge in [0.05, 0.1) is 39.2 Å². The molecule has 0 aromatic heterocycles. The van der Waals surface area contributed by atoms with Gasteiger partial charge in [-0.1, -0.05) is 24.3 Å². The van der Waals surface area contributed by atoms with Gasteiger partial charge in [-0.3, -0.25) is 0 Å². The first-order chi connectivity index (χ1) is 17.2. The molecule has 0 radical (unpaired) electrons. The zero-order valence-electron chi connectivity index (χ0n) is 20.8. The van der Waals surface area contributed by atoms with E-state index in [1.807, 2.05) is 0 Å². The number of fused-ring (bicyclic) bond motifs is 2. The molecule has 0 fully saturated rings. The normalized spacial score (nSPS) is 10.9. The van der Waals surface area contributed by atoms with Gasteiger partial charge in [0.15, 0.2) is 0 Å². The van der Waals surface area contributed by atoms with Crippen molar-refractivity contribution in [2.45, 2.75) is 13.8 Å². The van der Waals surface area contributed by atoms with Crippen LogP contribution in [0.25, 0.3) is 32.7 Å². The molecule has 0 bridgehead atoms. The van der Waals surface area contributed by atoms with Crippen LogP contribution < -0.4 is 9.47 Å². The smallest absolute Gasteiger partial charge is 0.341 e. The van der Waals surface area contributed by atoms with Gasteiger partial charge in [0.2, 0.25) is 0 Å². The minimum atomic E-state index is -0.731. The lowest BCUT2D eigenvalue weighted by Crippen LogP contribution is -2.09. The van der Waals surface area contributed by atoms with E-state index < -0.39 is 11.9 Å². The molecule has 8 nitrogen and oxygen atoms in total. The summed E-state index contributed by atoms with van der Waals surface area (Å²) < 4.78 is 21.0. The fourth-order valence-corrected chi connectivity index (χ4v) is 4.91. The second-order valence-electron chi connectivity index (χ2n) is 8.20. The van der Waals surface area contributed by atoms with Gasteiger partial charge in [-0.05, 0) is 59.0 Å². The molecule has 0 saturated carbocycles. The summed E-state index contributed by atoms with van der Waals surface area (Å²) in [4.78, 5) is 25.7. The Morgan fingerprint density at radius 2 is 1.00 bits per heavy atom. The van der Waals surface area contributed by atoms with Gasteiger partial charge in [-0.25, -0.2) is 9.59 Å².